The van der Waals surface area contributed by atoms with Crippen LogP contribution in [-0.4, -0.2) is 13.0 Å². The third kappa shape index (κ3) is 5.19. The first-order chi connectivity index (χ1) is 13.1. The van der Waals surface area contributed by atoms with Crippen molar-refractivity contribution in [3.63, 3.8) is 0 Å². The minimum Gasteiger partial charge on any atom is -0.495 e. The van der Waals surface area contributed by atoms with E-state index in [2.05, 4.69) is 5.32 Å². The lowest BCUT2D eigenvalue weighted by Crippen LogP contribution is -2.12. The van der Waals surface area contributed by atoms with Gasteiger partial charge in [0, 0.05) is 21.2 Å². The van der Waals surface area contributed by atoms with Gasteiger partial charge in [-0.05, 0) is 48.0 Å². The highest BCUT2D eigenvalue weighted by atomic mass is 35.5. The van der Waals surface area contributed by atoms with Gasteiger partial charge in [0.1, 0.15) is 5.75 Å². The molecule has 0 bridgehead atoms. The van der Waals surface area contributed by atoms with Gasteiger partial charge in [0.25, 0.3) is 5.91 Å². The maximum Gasteiger partial charge on any atom is 0.255 e. The molecule has 3 aromatic carbocycles. The van der Waals surface area contributed by atoms with Crippen molar-refractivity contribution in [3.8, 4) is 5.75 Å². The smallest absolute Gasteiger partial charge is 0.255 e. The van der Waals surface area contributed by atoms with Gasteiger partial charge in [-0.2, -0.15) is 0 Å². The molecule has 0 unspecified atom stereocenters. The minimum absolute atomic E-state index is 0.223. The average Bonchev–Trinajstić information content (AvgIpc) is 2.68. The second-order valence-corrected chi connectivity index (χ2v) is 7.58. The second kappa shape index (κ2) is 9.18. The first-order valence-corrected chi connectivity index (χ1v) is 9.92. The SMILES string of the molecule is COc1ccc(C(=O)Nc2ccccc2SCc2ccc(Cl)cc2)cc1Cl. The summed E-state index contributed by atoms with van der Waals surface area (Å²) in [5, 5.41) is 4.07. The summed E-state index contributed by atoms with van der Waals surface area (Å²) in [6, 6.07) is 20.4. The molecule has 3 rings (SSSR count). The molecule has 0 aliphatic heterocycles. The van der Waals surface area contributed by atoms with E-state index in [4.69, 9.17) is 27.9 Å². The second-order valence-electron chi connectivity index (χ2n) is 5.71. The summed E-state index contributed by atoms with van der Waals surface area (Å²) in [5.74, 6) is 1.09. The number of thioether (sulfide) groups is 1. The predicted molar refractivity (Wildman–Crippen MR) is 113 cm³/mol. The van der Waals surface area contributed by atoms with E-state index in [-0.39, 0.29) is 5.91 Å². The van der Waals surface area contributed by atoms with Crippen LogP contribution >= 0.6 is 35.0 Å². The number of nitrogens with one attached hydrogen (secondary N) is 1. The molecule has 3 aromatic rings. The van der Waals surface area contributed by atoms with Gasteiger partial charge in [-0.15, -0.1) is 11.8 Å². The van der Waals surface area contributed by atoms with Gasteiger partial charge < -0.3 is 10.1 Å². The van der Waals surface area contributed by atoms with Crippen molar-refractivity contribution in [3.05, 3.63) is 87.9 Å². The lowest BCUT2D eigenvalue weighted by atomic mass is 10.2. The third-order valence-electron chi connectivity index (χ3n) is 3.86. The normalized spacial score (nSPS) is 10.5. The highest BCUT2D eigenvalue weighted by Crippen LogP contribution is 2.31. The standard InChI is InChI=1S/C21H17Cl2NO2S/c1-26-19-11-8-15(12-17(19)23)21(25)24-18-4-2-3-5-20(18)27-13-14-6-9-16(22)10-7-14/h2-12H,13H2,1H3,(H,24,25). The van der Waals surface area contributed by atoms with E-state index in [1.807, 2.05) is 48.5 Å². The lowest BCUT2D eigenvalue weighted by molar-refractivity contribution is 0.102. The molecule has 1 N–H and O–H groups in total. The lowest BCUT2D eigenvalue weighted by Gasteiger charge is -2.12. The fourth-order valence-electron chi connectivity index (χ4n) is 2.44. The number of halogens is 2. The topological polar surface area (TPSA) is 38.3 Å². The highest BCUT2D eigenvalue weighted by Gasteiger charge is 2.12. The van der Waals surface area contributed by atoms with Crippen LogP contribution in [0.25, 0.3) is 0 Å². The quantitative estimate of drug-likeness (QED) is 0.462. The van der Waals surface area contributed by atoms with Crippen LogP contribution < -0.4 is 10.1 Å². The molecular weight excluding hydrogens is 401 g/mol. The molecule has 27 heavy (non-hydrogen) atoms. The van der Waals surface area contributed by atoms with Crippen LogP contribution in [0.3, 0.4) is 0 Å². The summed E-state index contributed by atoms with van der Waals surface area (Å²) in [6.45, 7) is 0. The van der Waals surface area contributed by atoms with E-state index in [0.717, 1.165) is 26.9 Å². The molecule has 0 spiro atoms. The van der Waals surface area contributed by atoms with Crippen LogP contribution in [0.5, 0.6) is 5.75 Å². The number of rotatable bonds is 6. The molecule has 0 saturated heterocycles. The fraction of sp³-hybridized carbons (Fsp3) is 0.0952. The summed E-state index contributed by atoms with van der Waals surface area (Å²) in [6.07, 6.45) is 0. The van der Waals surface area contributed by atoms with Crippen LogP contribution in [0.15, 0.2) is 71.6 Å². The van der Waals surface area contributed by atoms with Crippen molar-refractivity contribution < 1.29 is 9.53 Å². The third-order valence-corrected chi connectivity index (χ3v) is 5.55. The van der Waals surface area contributed by atoms with Gasteiger partial charge in [-0.1, -0.05) is 47.5 Å². The monoisotopic (exact) mass is 417 g/mol. The molecule has 0 radical (unpaired) electrons. The number of carbonyl (C=O) groups is 1. The molecular formula is C21H17Cl2NO2S. The Morgan fingerprint density at radius 3 is 2.48 bits per heavy atom. The Morgan fingerprint density at radius 1 is 1.04 bits per heavy atom. The number of para-hydroxylation sites is 1. The van der Waals surface area contributed by atoms with Crippen LogP contribution in [0.1, 0.15) is 15.9 Å². The maximum absolute atomic E-state index is 12.6. The average molecular weight is 418 g/mol. The maximum atomic E-state index is 12.6. The molecule has 0 aliphatic carbocycles. The minimum atomic E-state index is -0.223. The van der Waals surface area contributed by atoms with Gasteiger partial charge in [0.05, 0.1) is 17.8 Å². The summed E-state index contributed by atoms with van der Waals surface area (Å²) in [5.41, 5.74) is 2.39. The first-order valence-electron chi connectivity index (χ1n) is 8.18. The summed E-state index contributed by atoms with van der Waals surface area (Å²) in [7, 11) is 1.54. The van der Waals surface area contributed by atoms with E-state index in [1.54, 1.807) is 30.0 Å². The number of amides is 1. The molecule has 0 atom stereocenters. The van der Waals surface area contributed by atoms with Crippen LogP contribution in [0.2, 0.25) is 10.0 Å². The zero-order valence-corrected chi connectivity index (χ0v) is 16.9. The number of hydrogen-bond acceptors (Lipinski definition) is 3. The molecule has 3 nitrogen and oxygen atoms in total. The number of hydrogen-bond donors (Lipinski definition) is 1. The Hall–Kier alpha value is -2.14. The van der Waals surface area contributed by atoms with Gasteiger partial charge in [-0.25, -0.2) is 0 Å². The van der Waals surface area contributed by atoms with Crippen LogP contribution in [0, 0.1) is 0 Å². The van der Waals surface area contributed by atoms with Gasteiger partial charge in [-0.3, -0.25) is 4.79 Å². The Balaban J connectivity index is 1.72. The molecule has 0 aromatic heterocycles. The van der Waals surface area contributed by atoms with E-state index in [0.29, 0.717) is 16.3 Å². The van der Waals surface area contributed by atoms with Crippen molar-refractivity contribution >= 4 is 46.6 Å². The predicted octanol–water partition coefficient (Wildman–Crippen LogP) is 6.55. The molecule has 138 valence electrons. The molecule has 0 fully saturated rings. The zero-order valence-electron chi connectivity index (χ0n) is 14.5. The van der Waals surface area contributed by atoms with Gasteiger partial charge >= 0.3 is 0 Å². The Kier molecular flexibility index (Phi) is 6.67. The van der Waals surface area contributed by atoms with E-state index in [1.165, 1.54) is 7.11 Å². The summed E-state index contributed by atoms with van der Waals surface area (Å²) >= 11 is 13.7. The van der Waals surface area contributed by atoms with Gasteiger partial charge in [0.2, 0.25) is 0 Å². The van der Waals surface area contributed by atoms with Crippen LogP contribution in [-0.2, 0) is 5.75 Å². The summed E-state index contributed by atoms with van der Waals surface area (Å²) < 4.78 is 5.12. The van der Waals surface area contributed by atoms with E-state index in [9.17, 15) is 4.79 Å². The molecule has 6 heteroatoms. The molecule has 0 saturated carbocycles. The van der Waals surface area contributed by atoms with E-state index >= 15 is 0 Å². The van der Waals surface area contributed by atoms with E-state index < -0.39 is 0 Å². The highest BCUT2D eigenvalue weighted by molar-refractivity contribution is 7.98. The first kappa shape index (κ1) is 19.6. The van der Waals surface area contributed by atoms with Gasteiger partial charge in [0.15, 0.2) is 0 Å². The van der Waals surface area contributed by atoms with Crippen molar-refractivity contribution in [2.24, 2.45) is 0 Å². The summed E-state index contributed by atoms with van der Waals surface area (Å²) in [4.78, 5) is 13.6. The molecule has 1 amide bonds. The fourth-order valence-corrected chi connectivity index (χ4v) is 3.79. The Labute approximate surface area is 172 Å². The molecule has 0 aliphatic rings. The zero-order chi connectivity index (χ0) is 19.2. The Morgan fingerprint density at radius 2 is 1.78 bits per heavy atom. The number of carbonyl (C=O) groups excluding carboxylic acids is 1. The number of anilines is 1. The van der Waals surface area contributed by atoms with Crippen molar-refractivity contribution in [2.45, 2.75) is 10.6 Å². The molecule has 0 heterocycles. The number of benzene rings is 3. The van der Waals surface area contributed by atoms with Crippen molar-refractivity contribution in [1.29, 1.82) is 0 Å². The number of methoxy groups -OCH3 is 1. The van der Waals surface area contributed by atoms with Crippen molar-refractivity contribution in [2.75, 3.05) is 12.4 Å². The van der Waals surface area contributed by atoms with Crippen LogP contribution in [0.4, 0.5) is 5.69 Å². The Bertz CT molecular complexity index is 945. The largest absolute Gasteiger partial charge is 0.495 e. The van der Waals surface area contributed by atoms with Crippen molar-refractivity contribution in [1.82, 2.24) is 0 Å². The number of ether oxygens (including phenoxy) is 1.